The van der Waals surface area contributed by atoms with Gasteiger partial charge >= 0.3 is 5.97 Å². The van der Waals surface area contributed by atoms with Crippen LogP contribution in [0.2, 0.25) is 0 Å². The van der Waals surface area contributed by atoms with Crippen LogP contribution in [-0.4, -0.2) is 12.1 Å². The minimum absolute atomic E-state index is 0.0490. The second-order valence-electron chi connectivity index (χ2n) is 13.2. The predicted molar refractivity (Wildman–Crippen MR) is 129 cm³/mol. The van der Waals surface area contributed by atoms with Crippen molar-refractivity contribution in [2.75, 3.05) is 0 Å². The highest BCUT2D eigenvalue weighted by molar-refractivity contribution is 5.66. The molecule has 0 saturated heterocycles. The van der Waals surface area contributed by atoms with Crippen molar-refractivity contribution in [2.45, 2.75) is 125 Å². The van der Waals surface area contributed by atoms with Crippen LogP contribution in [0.3, 0.4) is 0 Å². The first-order valence-corrected chi connectivity index (χ1v) is 13.8. The first-order chi connectivity index (χ1) is 14.7. The summed E-state index contributed by atoms with van der Waals surface area (Å²) in [6.45, 7) is 14.2. The number of esters is 1. The highest BCUT2D eigenvalue weighted by Gasteiger charge is 2.63. The number of ether oxygens (including phenoxy) is 1. The monoisotopic (exact) mass is 430 g/mol. The Labute approximate surface area is 192 Å². The number of rotatable bonds is 6. The van der Waals surface area contributed by atoms with Crippen molar-refractivity contribution in [1.29, 1.82) is 0 Å². The van der Waals surface area contributed by atoms with E-state index >= 15 is 0 Å². The summed E-state index contributed by atoms with van der Waals surface area (Å²) in [6, 6.07) is 0. The Morgan fingerprint density at radius 3 is 2.39 bits per heavy atom. The second-order valence-corrected chi connectivity index (χ2v) is 13.2. The molecule has 0 radical (unpaired) electrons. The molecule has 2 nitrogen and oxygen atoms in total. The zero-order chi connectivity index (χ0) is 22.4. The molecule has 2 heteroatoms. The van der Waals surface area contributed by atoms with Gasteiger partial charge in [-0.05, 0) is 91.3 Å². The van der Waals surface area contributed by atoms with E-state index in [0.717, 1.165) is 41.9 Å². The Balaban J connectivity index is 1.57. The van der Waals surface area contributed by atoms with Crippen molar-refractivity contribution in [2.24, 2.45) is 52.3 Å². The molecule has 0 aliphatic heterocycles. The van der Waals surface area contributed by atoms with Crippen LogP contribution >= 0.6 is 0 Å². The fourth-order valence-electron chi connectivity index (χ4n) is 9.59. The van der Waals surface area contributed by atoms with E-state index in [0.29, 0.717) is 16.7 Å². The van der Waals surface area contributed by atoms with Crippen molar-refractivity contribution >= 4 is 5.97 Å². The Morgan fingerprint density at radius 2 is 1.68 bits per heavy atom. The van der Waals surface area contributed by atoms with E-state index in [1.165, 1.54) is 70.6 Å². The molecule has 4 aliphatic rings. The van der Waals surface area contributed by atoms with Crippen LogP contribution in [0.25, 0.3) is 0 Å². The lowest BCUT2D eigenvalue weighted by Gasteiger charge is -2.62. The van der Waals surface area contributed by atoms with Gasteiger partial charge in [0.25, 0.3) is 0 Å². The molecule has 0 spiro atoms. The second kappa shape index (κ2) is 9.02. The zero-order valence-corrected chi connectivity index (χ0v) is 21.4. The molecule has 0 heterocycles. The number of hydrogen-bond donors (Lipinski definition) is 0. The Morgan fingerprint density at radius 1 is 0.935 bits per heavy atom. The predicted octanol–water partition coefficient (Wildman–Crippen LogP) is 8.04. The summed E-state index contributed by atoms with van der Waals surface area (Å²) in [6.07, 6.45) is 16.6. The Bertz CT molecular complexity index is 641. The summed E-state index contributed by atoms with van der Waals surface area (Å²) >= 11 is 0. The Hall–Kier alpha value is -0.530. The van der Waals surface area contributed by atoms with Crippen LogP contribution in [0.4, 0.5) is 0 Å². The molecule has 4 aliphatic carbocycles. The summed E-state index contributed by atoms with van der Waals surface area (Å²) in [4.78, 5) is 12.1. The van der Waals surface area contributed by atoms with E-state index in [4.69, 9.17) is 4.74 Å². The maximum absolute atomic E-state index is 12.1. The van der Waals surface area contributed by atoms with E-state index in [9.17, 15) is 4.79 Å². The lowest BCUT2D eigenvalue weighted by Crippen LogP contribution is -2.58. The first-order valence-electron chi connectivity index (χ1n) is 13.8. The largest absolute Gasteiger partial charge is 0.462 e. The lowest BCUT2D eigenvalue weighted by atomic mass is 9.44. The molecule has 31 heavy (non-hydrogen) atoms. The molecule has 0 aromatic rings. The standard InChI is InChI=1S/C29H50O2/c1-19(2)10-9-11-20(3)23-13-14-24-27-25(15-17-29(23,24)6)28(5)16-8-7-12-22(28)18-26(27)31-21(4)30/h19-20,22-27H,7-18H2,1-6H3/t20-,22?,23-,24+,25+,26?,27+,28+,29-/m1/s1. The maximum Gasteiger partial charge on any atom is 0.302 e. The van der Waals surface area contributed by atoms with Crippen molar-refractivity contribution in [3.05, 3.63) is 0 Å². The molecule has 4 saturated carbocycles. The van der Waals surface area contributed by atoms with E-state index in [-0.39, 0.29) is 12.1 Å². The molecule has 2 unspecified atom stereocenters. The van der Waals surface area contributed by atoms with Crippen LogP contribution in [0.15, 0.2) is 0 Å². The third kappa shape index (κ3) is 4.23. The molecule has 0 aromatic heterocycles. The molecule has 9 atom stereocenters. The van der Waals surface area contributed by atoms with Gasteiger partial charge in [0, 0.05) is 12.8 Å². The maximum atomic E-state index is 12.1. The van der Waals surface area contributed by atoms with E-state index in [2.05, 4.69) is 34.6 Å². The topological polar surface area (TPSA) is 26.3 Å². The van der Waals surface area contributed by atoms with Crippen molar-refractivity contribution in [3.8, 4) is 0 Å². The first kappa shape index (κ1) is 23.6. The smallest absolute Gasteiger partial charge is 0.302 e. The van der Waals surface area contributed by atoms with E-state index in [1.54, 1.807) is 6.92 Å². The highest BCUT2D eigenvalue weighted by atomic mass is 16.5. The third-order valence-corrected chi connectivity index (χ3v) is 11.1. The average Bonchev–Trinajstić information content (AvgIpc) is 3.04. The van der Waals surface area contributed by atoms with Gasteiger partial charge in [-0.25, -0.2) is 0 Å². The highest BCUT2D eigenvalue weighted by Crippen LogP contribution is 2.68. The fraction of sp³-hybridized carbons (Fsp3) is 0.966. The molecule has 4 rings (SSSR count). The number of hydrogen-bond acceptors (Lipinski definition) is 2. The number of fused-ring (bicyclic) bond motifs is 5. The molecular formula is C29H50O2. The minimum Gasteiger partial charge on any atom is -0.462 e. The summed E-state index contributed by atoms with van der Waals surface area (Å²) in [5.41, 5.74) is 0.941. The summed E-state index contributed by atoms with van der Waals surface area (Å²) in [7, 11) is 0. The van der Waals surface area contributed by atoms with Gasteiger partial charge in [-0.3, -0.25) is 4.79 Å². The molecule has 0 aromatic carbocycles. The number of carbonyl (C=O) groups is 1. The van der Waals surface area contributed by atoms with Gasteiger partial charge in [-0.15, -0.1) is 0 Å². The summed E-state index contributed by atoms with van der Waals surface area (Å²) in [5, 5.41) is 0. The molecule has 0 N–H and O–H groups in total. The van der Waals surface area contributed by atoms with Crippen LogP contribution < -0.4 is 0 Å². The van der Waals surface area contributed by atoms with Crippen LogP contribution in [0.1, 0.15) is 119 Å². The van der Waals surface area contributed by atoms with Gasteiger partial charge in [0.1, 0.15) is 6.10 Å². The average molecular weight is 431 g/mol. The van der Waals surface area contributed by atoms with E-state index < -0.39 is 0 Å². The zero-order valence-electron chi connectivity index (χ0n) is 21.4. The van der Waals surface area contributed by atoms with Gasteiger partial charge in [0.15, 0.2) is 0 Å². The van der Waals surface area contributed by atoms with Gasteiger partial charge < -0.3 is 4.74 Å². The van der Waals surface area contributed by atoms with Crippen LogP contribution in [0, 0.1) is 52.3 Å². The molecular weight excluding hydrogens is 380 g/mol. The van der Waals surface area contributed by atoms with Crippen molar-refractivity contribution in [1.82, 2.24) is 0 Å². The summed E-state index contributed by atoms with van der Waals surface area (Å²) in [5.74, 6) is 5.37. The Kier molecular flexibility index (Phi) is 6.87. The fourth-order valence-corrected chi connectivity index (χ4v) is 9.59. The normalized spacial score (nSPS) is 45.5. The molecule has 0 amide bonds. The van der Waals surface area contributed by atoms with Crippen LogP contribution in [0.5, 0.6) is 0 Å². The number of carbonyl (C=O) groups excluding carboxylic acids is 1. The third-order valence-electron chi connectivity index (χ3n) is 11.1. The van der Waals surface area contributed by atoms with Gasteiger partial charge in [0.2, 0.25) is 0 Å². The quantitative estimate of drug-likeness (QED) is 0.398. The minimum atomic E-state index is -0.0490. The van der Waals surface area contributed by atoms with Crippen molar-refractivity contribution < 1.29 is 9.53 Å². The van der Waals surface area contributed by atoms with Crippen molar-refractivity contribution in [3.63, 3.8) is 0 Å². The lowest BCUT2D eigenvalue weighted by molar-refractivity contribution is -0.189. The van der Waals surface area contributed by atoms with Crippen LogP contribution in [-0.2, 0) is 9.53 Å². The van der Waals surface area contributed by atoms with Gasteiger partial charge in [-0.1, -0.05) is 66.7 Å². The SMILES string of the molecule is CC(=O)OC1CC2CCCC[C@]2(C)[C@H]2CC[C@]3(C)[C@@H]([C@H](C)CCCC(C)C)CC[C@H]3[C@H]12. The van der Waals surface area contributed by atoms with Gasteiger partial charge in [-0.2, -0.15) is 0 Å². The molecule has 4 fully saturated rings. The summed E-state index contributed by atoms with van der Waals surface area (Å²) < 4.78 is 6.16. The molecule has 0 bridgehead atoms. The van der Waals surface area contributed by atoms with E-state index in [1.807, 2.05) is 0 Å². The molecule has 178 valence electrons. The van der Waals surface area contributed by atoms with Gasteiger partial charge in [0.05, 0.1) is 0 Å².